The van der Waals surface area contributed by atoms with E-state index in [0.717, 1.165) is 37.7 Å². The third-order valence-electron chi connectivity index (χ3n) is 6.52. The van der Waals surface area contributed by atoms with Crippen LogP contribution in [0.4, 0.5) is 0 Å². The van der Waals surface area contributed by atoms with Gasteiger partial charge in [-0.2, -0.15) is 0 Å². The summed E-state index contributed by atoms with van der Waals surface area (Å²) in [5.74, 6) is 1.17. The van der Waals surface area contributed by atoms with E-state index in [0.29, 0.717) is 18.3 Å². The molecule has 0 saturated heterocycles. The van der Waals surface area contributed by atoms with Crippen LogP contribution in [0.5, 0.6) is 0 Å². The second kappa shape index (κ2) is 9.73. The molecular weight excluding hydrogens is 362 g/mol. The van der Waals surface area contributed by atoms with Crippen LogP contribution in [0.3, 0.4) is 0 Å². The van der Waals surface area contributed by atoms with Crippen molar-refractivity contribution in [2.75, 3.05) is 14.1 Å². The Hall–Kier alpha value is -1.91. The quantitative estimate of drug-likeness (QED) is 0.511. The minimum Gasteiger partial charge on any atom is -0.392 e. The number of carbonyl (C=O) groups excluding carboxylic acids is 1. The number of benzene rings is 1. The van der Waals surface area contributed by atoms with Gasteiger partial charge in [0, 0.05) is 26.4 Å². The van der Waals surface area contributed by atoms with Gasteiger partial charge in [0.1, 0.15) is 0 Å². The standard InChI is InChI=1S/C25H35NO3/c1-17-8-10-19(11-9-17)23(27)13-12-21-22-15-18(14-20(22)16-24(21)28)6-4-5-7-25(29)26(2)3/h8-14,20-24,27-28H,4-7,15-16H2,1-3H3/b13-12+/t20-,21+,22-,23+,24+/m0/s1. The molecule has 29 heavy (non-hydrogen) atoms. The van der Waals surface area contributed by atoms with Crippen molar-refractivity contribution in [2.45, 2.75) is 57.7 Å². The number of hydrogen-bond acceptors (Lipinski definition) is 3. The van der Waals surface area contributed by atoms with Gasteiger partial charge in [-0.3, -0.25) is 4.79 Å². The fourth-order valence-corrected chi connectivity index (χ4v) is 4.75. The monoisotopic (exact) mass is 397 g/mol. The van der Waals surface area contributed by atoms with Crippen LogP contribution in [0.2, 0.25) is 0 Å². The summed E-state index contributed by atoms with van der Waals surface area (Å²) in [6.45, 7) is 2.03. The summed E-state index contributed by atoms with van der Waals surface area (Å²) in [7, 11) is 3.61. The van der Waals surface area contributed by atoms with Crippen LogP contribution in [0.1, 0.15) is 55.8 Å². The van der Waals surface area contributed by atoms with Crippen LogP contribution in [0.15, 0.2) is 48.1 Å². The molecule has 2 aliphatic rings. The fourth-order valence-electron chi connectivity index (χ4n) is 4.75. The fraction of sp³-hybridized carbons (Fsp3) is 0.560. The first kappa shape index (κ1) is 21.8. The summed E-state index contributed by atoms with van der Waals surface area (Å²) >= 11 is 0. The Morgan fingerprint density at radius 2 is 1.97 bits per heavy atom. The summed E-state index contributed by atoms with van der Waals surface area (Å²) in [6, 6.07) is 7.92. The molecule has 0 aliphatic heterocycles. The van der Waals surface area contributed by atoms with Crippen molar-refractivity contribution in [3.63, 3.8) is 0 Å². The van der Waals surface area contributed by atoms with E-state index in [2.05, 4.69) is 6.08 Å². The normalized spacial score (nSPS) is 27.1. The van der Waals surface area contributed by atoms with Gasteiger partial charge in [0.25, 0.3) is 0 Å². The van der Waals surface area contributed by atoms with Gasteiger partial charge in [-0.25, -0.2) is 0 Å². The van der Waals surface area contributed by atoms with Crippen LogP contribution >= 0.6 is 0 Å². The molecule has 3 rings (SSSR count). The number of rotatable bonds is 8. The molecule has 2 N–H and O–H groups in total. The zero-order chi connectivity index (χ0) is 21.0. The second-order valence-corrected chi connectivity index (χ2v) is 8.97. The Balaban J connectivity index is 1.50. The Kier molecular flexibility index (Phi) is 7.31. The van der Waals surface area contributed by atoms with Gasteiger partial charge in [-0.05, 0) is 56.4 Å². The lowest BCUT2D eigenvalue weighted by Gasteiger charge is -2.19. The van der Waals surface area contributed by atoms with Gasteiger partial charge in [-0.1, -0.05) is 53.6 Å². The molecule has 2 aliphatic carbocycles. The van der Waals surface area contributed by atoms with Gasteiger partial charge < -0.3 is 15.1 Å². The lowest BCUT2D eigenvalue weighted by Crippen LogP contribution is -2.21. The van der Waals surface area contributed by atoms with E-state index >= 15 is 0 Å². The van der Waals surface area contributed by atoms with Crippen molar-refractivity contribution in [2.24, 2.45) is 17.8 Å². The summed E-state index contributed by atoms with van der Waals surface area (Å²) in [6.07, 6.45) is 10.7. The number of hydrogen-bond donors (Lipinski definition) is 2. The van der Waals surface area contributed by atoms with Gasteiger partial charge in [0.15, 0.2) is 0 Å². The van der Waals surface area contributed by atoms with Gasteiger partial charge in [0.05, 0.1) is 12.2 Å². The SMILES string of the molecule is Cc1ccc([C@H](O)/C=C/[C@@H]2[C@H]3CC(CCCCC(=O)N(C)C)=C[C@H]3C[C@H]2O)cc1. The van der Waals surface area contributed by atoms with Crippen molar-refractivity contribution in [1.29, 1.82) is 0 Å². The zero-order valence-electron chi connectivity index (χ0n) is 17.9. The lowest BCUT2D eigenvalue weighted by molar-refractivity contribution is -0.128. The maximum absolute atomic E-state index is 11.7. The van der Waals surface area contributed by atoms with Crippen LogP contribution < -0.4 is 0 Å². The molecule has 1 aromatic rings. The molecule has 0 bridgehead atoms. The van der Waals surface area contributed by atoms with Gasteiger partial charge >= 0.3 is 0 Å². The smallest absolute Gasteiger partial charge is 0.222 e. The highest BCUT2D eigenvalue weighted by molar-refractivity contribution is 5.75. The topological polar surface area (TPSA) is 60.8 Å². The number of aliphatic hydroxyl groups is 2. The third-order valence-corrected chi connectivity index (χ3v) is 6.52. The molecule has 5 atom stereocenters. The highest BCUT2D eigenvalue weighted by Crippen LogP contribution is 2.48. The Morgan fingerprint density at radius 1 is 1.24 bits per heavy atom. The summed E-state index contributed by atoms with van der Waals surface area (Å²) in [5, 5.41) is 21.0. The molecule has 0 radical (unpaired) electrons. The van der Waals surface area contributed by atoms with Crippen molar-refractivity contribution in [1.82, 2.24) is 4.90 Å². The number of allylic oxidation sites excluding steroid dienone is 2. The molecule has 0 heterocycles. The molecular formula is C25H35NO3. The predicted molar refractivity (Wildman–Crippen MR) is 116 cm³/mol. The molecule has 1 aromatic carbocycles. The van der Waals surface area contributed by atoms with E-state index in [1.165, 1.54) is 11.1 Å². The van der Waals surface area contributed by atoms with Crippen molar-refractivity contribution in [3.05, 3.63) is 59.2 Å². The largest absolute Gasteiger partial charge is 0.392 e. The predicted octanol–water partition coefficient (Wildman–Crippen LogP) is 4.18. The summed E-state index contributed by atoms with van der Waals surface area (Å²) in [5.41, 5.74) is 3.53. The molecule has 1 amide bonds. The van der Waals surface area contributed by atoms with E-state index in [9.17, 15) is 15.0 Å². The molecule has 0 aromatic heterocycles. The number of carbonyl (C=O) groups is 1. The lowest BCUT2D eigenvalue weighted by atomic mass is 9.88. The van der Waals surface area contributed by atoms with E-state index in [4.69, 9.17) is 0 Å². The van der Waals surface area contributed by atoms with Gasteiger partial charge in [-0.15, -0.1) is 0 Å². The molecule has 158 valence electrons. The second-order valence-electron chi connectivity index (χ2n) is 8.97. The molecule has 1 fully saturated rings. The summed E-state index contributed by atoms with van der Waals surface area (Å²) in [4.78, 5) is 13.3. The Labute approximate surface area is 174 Å². The maximum atomic E-state index is 11.7. The van der Waals surface area contributed by atoms with Crippen LogP contribution in [0, 0.1) is 24.7 Å². The Bertz CT molecular complexity index is 750. The maximum Gasteiger partial charge on any atom is 0.222 e. The minimum atomic E-state index is -0.634. The highest BCUT2D eigenvalue weighted by Gasteiger charge is 2.43. The van der Waals surface area contributed by atoms with Crippen molar-refractivity contribution < 1.29 is 15.0 Å². The van der Waals surface area contributed by atoms with Crippen LogP contribution in [0.25, 0.3) is 0 Å². The summed E-state index contributed by atoms with van der Waals surface area (Å²) < 4.78 is 0. The number of aliphatic hydroxyl groups excluding tert-OH is 2. The molecule has 1 saturated carbocycles. The highest BCUT2D eigenvalue weighted by atomic mass is 16.3. The number of nitrogens with zero attached hydrogens (tertiary/aromatic N) is 1. The third kappa shape index (κ3) is 5.58. The number of unbranched alkanes of at least 4 members (excludes halogenated alkanes) is 1. The van der Waals surface area contributed by atoms with E-state index in [-0.39, 0.29) is 17.9 Å². The first-order valence-corrected chi connectivity index (χ1v) is 10.9. The van der Waals surface area contributed by atoms with Crippen molar-refractivity contribution in [3.8, 4) is 0 Å². The average Bonchev–Trinajstić information content (AvgIpc) is 3.20. The van der Waals surface area contributed by atoms with Crippen LogP contribution in [-0.4, -0.2) is 41.2 Å². The van der Waals surface area contributed by atoms with Crippen molar-refractivity contribution >= 4 is 5.91 Å². The van der Waals surface area contributed by atoms with E-state index < -0.39 is 6.10 Å². The molecule has 4 heteroatoms. The first-order chi connectivity index (χ1) is 13.8. The van der Waals surface area contributed by atoms with E-state index in [1.807, 2.05) is 43.3 Å². The molecule has 4 nitrogen and oxygen atoms in total. The number of aryl methyl sites for hydroxylation is 1. The molecule has 0 unspecified atom stereocenters. The Morgan fingerprint density at radius 3 is 2.66 bits per heavy atom. The number of amides is 1. The zero-order valence-corrected chi connectivity index (χ0v) is 17.9. The van der Waals surface area contributed by atoms with Gasteiger partial charge in [0.2, 0.25) is 5.91 Å². The first-order valence-electron chi connectivity index (χ1n) is 10.9. The van der Waals surface area contributed by atoms with E-state index in [1.54, 1.807) is 19.0 Å². The number of fused-ring (bicyclic) bond motifs is 1. The van der Waals surface area contributed by atoms with Crippen LogP contribution in [-0.2, 0) is 4.79 Å². The average molecular weight is 398 g/mol. The molecule has 0 spiro atoms. The minimum absolute atomic E-state index is 0.101.